The van der Waals surface area contributed by atoms with Gasteiger partial charge in [-0.15, -0.1) is 0 Å². The Morgan fingerprint density at radius 1 is 1.12 bits per heavy atom. The molecule has 0 spiro atoms. The summed E-state index contributed by atoms with van der Waals surface area (Å²) in [5.74, 6) is 0.110. The molecule has 0 aliphatic rings. The van der Waals surface area contributed by atoms with Gasteiger partial charge in [0.05, 0.1) is 4.90 Å². The predicted octanol–water partition coefficient (Wildman–Crippen LogP) is 4.41. The summed E-state index contributed by atoms with van der Waals surface area (Å²) in [4.78, 5) is 12.6. The molecule has 0 aromatic heterocycles. The Balaban J connectivity index is 2.18. The number of amides is 1. The quantitative estimate of drug-likeness (QED) is 0.671. The van der Waals surface area contributed by atoms with E-state index in [9.17, 15) is 13.2 Å². The molecule has 0 radical (unpaired) electrons. The highest BCUT2D eigenvalue weighted by Gasteiger charge is 2.17. The van der Waals surface area contributed by atoms with Gasteiger partial charge in [0.1, 0.15) is 0 Å². The maximum absolute atomic E-state index is 12.5. The molecule has 0 saturated carbocycles. The van der Waals surface area contributed by atoms with E-state index in [0.29, 0.717) is 17.2 Å². The fourth-order valence-corrected chi connectivity index (χ4v) is 3.86. The van der Waals surface area contributed by atoms with Gasteiger partial charge >= 0.3 is 0 Å². The van der Waals surface area contributed by atoms with Gasteiger partial charge in [-0.25, -0.2) is 8.42 Å². The van der Waals surface area contributed by atoms with Crippen LogP contribution in [0, 0.1) is 5.92 Å². The standard InChI is InChI=1S/C19H23BrN2O3S/c1-4-18(13(2)3)21-19(23)14-6-5-7-16(12-14)22-26(24,25)17-10-8-15(20)9-11-17/h5-13,18,22H,4H2,1-3H3,(H,21,23). The molecule has 0 saturated heterocycles. The average Bonchev–Trinajstić information content (AvgIpc) is 2.59. The van der Waals surface area contributed by atoms with E-state index in [2.05, 4.69) is 39.8 Å². The molecular weight excluding hydrogens is 416 g/mol. The predicted molar refractivity (Wildman–Crippen MR) is 108 cm³/mol. The molecule has 7 heteroatoms. The van der Waals surface area contributed by atoms with E-state index in [0.717, 1.165) is 10.9 Å². The third-order valence-corrected chi connectivity index (χ3v) is 5.99. The van der Waals surface area contributed by atoms with Crippen LogP contribution in [0.1, 0.15) is 37.6 Å². The minimum atomic E-state index is -3.72. The molecule has 1 atom stereocenters. The smallest absolute Gasteiger partial charge is 0.261 e. The van der Waals surface area contributed by atoms with Crippen LogP contribution in [0.2, 0.25) is 0 Å². The van der Waals surface area contributed by atoms with Gasteiger partial charge in [-0.05, 0) is 54.8 Å². The van der Waals surface area contributed by atoms with Gasteiger partial charge in [0, 0.05) is 21.8 Å². The van der Waals surface area contributed by atoms with E-state index in [1.807, 2.05) is 6.92 Å². The van der Waals surface area contributed by atoms with Crippen LogP contribution >= 0.6 is 15.9 Å². The van der Waals surface area contributed by atoms with Crippen molar-refractivity contribution < 1.29 is 13.2 Å². The highest BCUT2D eigenvalue weighted by atomic mass is 79.9. The number of halogens is 1. The van der Waals surface area contributed by atoms with Crippen molar-refractivity contribution in [3.05, 3.63) is 58.6 Å². The average molecular weight is 439 g/mol. The molecule has 2 aromatic rings. The molecule has 26 heavy (non-hydrogen) atoms. The first kappa shape index (κ1) is 20.5. The molecule has 0 fully saturated rings. The molecule has 2 rings (SSSR count). The highest BCUT2D eigenvalue weighted by Crippen LogP contribution is 2.19. The van der Waals surface area contributed by atoms with Gasteiger partial charge in [-0.3, -0.25) is 9.52 Å². The molecule has 2 N–H and O–H groups in total. The Morgan fingerprint density at radius 3 is 2.35 bits per heavy atom. The summed E-state index contributed by atoms with van der Waals surface area (Å²) in [6, 6.07) is 12.9. The van der Waals surface area contributed by atoms with Gasteiger partial charge in [0.15, 0.2) is 0 Å². The maximum atomic E-state index is 12.5. The summed E-state index contributed by atoms with van der Waals surface area (Å²) in [5.41, 5.74) is 0.762. The first-order chi connectivity index (χ1) is 12.2. The van der Waals surface area contributed by atoms with Crippen molar-refractivity contribution in [1.82, 2.24) is 5.32 Å². The van der Waals surface area contributed by atoms with E-state index in [1.54, 1.807) is 36.4 Å². The summed E-state index contributed by atoms with van der Waals surface area (Å²) < 4.78 is 28.3. The molecule has 5 nitrogen and oxygen atoms in total. The Morgan fingerprint density at radius 2 is 1.77 bits per heavy atom. The van der Waals surface area contributed by atoms with Crippen LogP contribution in [0.25, 0.3) is 0 Å². The van der Waals surface area contributed by atoms with Crippen molar-refractivity contribution in [1.29, 1.82) is 0 Å². The van der Waals surface area contributed by atoms with Crippen LogP contribution in [0.5, 0.6) is 0 Å². The number of hydrogen-bond acceptors (Lipinski definition) is 3. The molecule has 0 aliphatic carbocycles. The lowest BCUT2D eigenvalue weighted by Crippen LogP contribution is -2.38. The molecule has 2 aromatic carbocycles. The van der Waals surface area contributed by atoms with Crippen LogP contribution < -0.4 is 10.0 Å². The lowest BCUT2D eigenvalue weighted by molar-refractivity contribution is 0.0924. The zero-order valence-electron chi connectivity index (χ0n) is 15.0. The number of nitrogens with one attached hydrogen (secondary N) is 2. The Kier molecular flexibility index (Phi) is 6.83. The van der Waals surface area contributed by atoms with Gasteiger partial charge in [0.25, 0.3) is 15.9 Å². The fraction of sp³-hybridized carbons (Fsp3) is 0.316. The number of carbonyl (C=O) groups excluding carboxylic acids is 1. The van der Waals surface area contributed by atoms with Crippen LogP contribution in [-0.4, -0.2) is 20.4 Å². The second-order valence-corrected chi connectivity index (χ2v) is 8.97. The summed E-state index contributed by atoms with van der Waals surface area (Å²) in [7, 11) is -3.72. The largest absolute Gasteiger partial charge is 0.349 e. The summed E-state index contributed by atoms with van der Waals surface area (Å²) in [5, 5.41) is 2.99. The molecular formula is C19H23BrN2O3S. The molecule has 1 amide bonds. The van der Waals surface area contributed by atoms with E-state index in [4.69, 9.17) is 0 Å². The van der Waals surface area contributed by atoms with Gasteiger partial charge in [0.2, 0.25) is 0 Å². The number of rotatable bonds is 7. The SMILES string of the molecule is CCC(NC(=O)c1cccc(NS(=O)(=O)c2ccc(Br)cc2)c1)C(C)C. The number of carbonyl (C=O) groups is 1. The second kappa shape index (κ2) is 8.68. The maximum Gasteiger partial charge on any atom is 0.261 e. The number of sulfonamides is 1. The summed E-state index contributed by atoms with van der Waals surface area (Å²) in [6.07, 6.45) is 0.833. The van der Waals surface area contributed by atoms with Gasteiger partial charge in [-0.1, -0.05) is 42.8 Å². The van der Waals surface area contributed by atoms with Crippen LogP contribution in [0.3, 0.4) is 0 Å². The zero-order chi connectivity index (χ0) is 19.3. The van der Waals surface area contributed by atoms with Crippen LogP contribution in [0.15, 0.2) is 57.9 Å². The third-order valence-electron chi connectivity index (χ3n) is 4.06. The van der Waals surface area contributed by atoms with Gasteiger partial charge < -0.3 is 5.32 Å². The second-order valence-electron chi connectivity index (χ2n) is 6.37. The van der Waals surface area contributed by atoms with Crippen LogP contribution in [-0.2, 0) is 10.0 Å². The Hall–Kier alpha value is -1.86. The van der Waals surface area contributed by atoms with Crippen molar-refractivity contribution in [2.24, 2.45) is 5.92 Å². The molecule has 1 unspecified atom stereocenters. The minimum Gasteiger partial charge on any atom is -0.349 e. The topological polar surface area (TPSA) is 75.3 Å². The number of benzene rings is 2. The number of anilines is 1. The fourth-order valence-electron chi connectivity index (χ4n) is 2.54. The van der Waals surface area contributed by atoms with Crippen LogP contribution in [0.4, 0.5) is 5.69 Å². The molecule has 0 bridgehead atoms. The van der Waals surface area contributed by atoms with E-state index >= 15 is 0 Å². The van der Waals surface area contributed by atoms with Gasteiger partial charge in [-0.2, -0.15) is 0 Å². The highest BCUT2D eigenvalue weighted by molar-refractivity contribution is 9.10. The molecule has 0 heterocycles. The van der Waals surface area contributed by atoms with Crippen molar-refractivity contribution >= 4 is 37.5 Å². The molecule has 0 aliphatic heterocycles. The van der Waals surface area contributed by atoms with E-state index in [-0.39, 0.29) is 16.8 Å². The Labute approximate surface area is 163 Å². The lowest BCUT2D eigenvalue weighted by atomic mass is 10.0. The third kappa shape index (κ3) is 5.32. The first-order valence-electron chi connectivity index (χ1n) is 8.42. The van der Waals surface area contributed by atoms with E-state index in [1.165, 1.54) is 12.1 Å². The monoisotopic (exact) mass is 438 g/mol. The van der Waals surface area contributed by atoms with Crippen molar-refractivity contribution in [3.8, 4) is 0 Å². The summed E-state index contributed by atoms with van der Waals surface area (Å²) in [6.45, 7) is 6.13. The first-order valence-corrected chi connectivity index (χ1v) is 10.7. The normalized spacial score (nSPS) is 12.7. The van der Waals surface area contributed by atoms with Crippen molar-refractivity contribution in [2.75, 3.05) is 4.72 Å². The minimum absolute atomic E-state index is 0.0746. The molecule has 140 valence electrons. The lowest BCUT2D eigenvalue weighted by Gasteiger charge is -2.20. The zero-order valence-corrected chi connectivity index (χ0v) is 17.4. The Bertz CT molecular complexity index is 865. The van der Waals surface area contributed by atoms with Crippen molar-refractivity contribution in [2.45, 2.75) is 38.1 Å². The number of hydrogen-bond donors (Lipinski definition) is 2. The summed E-state index contributed by atoms with van der Waals surface area (Å²) >= 11 is 3.28. The van der Waals surface area contributed by atoms with Crippen molar-refractivity contribution in [3.63, 3.8) is 0 Å². The van der Waals surface area contributed by atoms with E-state index < -0.39 is 10.0 Å².